The van der Waals surface area contributed by atoms with Gasteiger partial charge >= 0.3 is 0 Å². The summed E-state index contributed by atoms with van der Waals surface area (Å²) in [6.07, 6.45) is 4.94. The Hall–Kier alpha value is -4.40. The number of carbonyl (C=O) groups excluding carboxylic acids is 1. The molecule has 36 heavy (non-hydrogen) atoms. The zero-order chi connectivity index (χ0) is 25.1. The van der Waals surface area contributed by atoms with Crippen LogP contribution < -0.4 is 15.0 Å². The molecular weight excluding hydrogens is 464 g/mol. The van der Waals surface area contributed by atoms with Gasteiger partial charge in [-0.05, 0) is 61.4 Å². The Morgan fingerprint density at radius 3 is 2.75 bits per heavy atom. The molecule has 7 nitrogen and oxygen atoms in total. The van der Waals surface area contributed by atoms with Crippen molar-refractivity contribution < 1.29 is 18.3 Å². The summed E-state index contributed by atoms with van der Waals surface area (Å²) in [7, 11) is 1.41. The van der Waals surface area contributed by atoms with Crippen LogP contribution >= 0.6 is 0 Å². The topological polar surface area (TPSA) is 80.2 Å². The van der Waals surface area contributed by atoms with Crippen molar-refractivity contribution in [1.29, 1.82) is 0 Å². The number of ether oxygens (including phenoxy) is 1. The number of benzene rings is 2. The number of rotatable bonds is 6. The summed E-state index contributed by atoms with van der Waals surface area (Å²) in [6.45, 7) is 0.737. The molecule has 0 saturated carbocycles. The Morgan fingerprint density at radius 1 is 1.06 bits per heavy atom. The highest BCUT2D eigenvalue weighted by molar-refractivity contribution is 6.05. The Morgan fingerprint density at radius 2 is 1.94 bits per heavy atom. The number of amides is 1. The molecule has 182 valence electrons. The summed E-state index contributed by atoms with van der Waals surface area (Å²) in [5.74, 6) is -1.38. The molecule has 0 radical (unpaired) electrons. The van der Waals surface area contributed by atoms with Crippen LogP contribution in [0, 0.1) is 11.6 Å². The summed E-state index contributed by atoms with van der Waals surface area (Å²) in [6, 6.07) is 15.8. The number of pyridine rings is 1. The minimum absolute atomic E-state index is 0.00298. The Kier molecular flexibility index (Phi) is 6.53. The largest absolute Gasteiger partial charge is 0.496 e. The molecule has 1 amide bonds. The van der Waals surface area contributed by atoms with E-state index in [2.05, 4.69) is 25.2 Å². The van der Waals surface area contributed by atoms with Gasteiger partial charge in [0.1, 0.15) is 23.1 Å². The summed E-state index contributed by atoms with van der Waals surface area (Å²) in [5, 5.41) is 2.78. The number of aromatic nitrogens is 3. The number of anilines is 2. The van der Waals surface area contributed by atoms with E-state index in [0.29, 0.717) is 11.4 Å². The number of hydrogen-bond donors (Lipinski definition) is 1. The highest BCUT2D eigenvalue weighted by atomic mass is 19.1. The maximum absolute atomic E-state index is 14.5. The van der Waals surface area contributed by atoms with Crippen LogP contribution in [0.5, 0.6) is 5.75 Å². The molecule has 1 N–H and O–H groups in total. The van der Waals surface area contributed by atoms with E-state index in [0.717, 1.165) is 25.1 Å². The van der Waals surface area contributed by atoms with Crippen LogP contribution in [0.15, 0.2) is 73.1 Å². The van der Waals surface area contributed by atoms with Gasteiger partial charge in [-0.2, -0.15) is 0 Å². The average molecular weight is 488 g/mol. The first-order valence-electron chi connectivity index (χ1n) is 11.5. The SMILES string of the molecule is COc1cccc(F)c1-c1nccc(C(=O)Nc2cc(F)ccc2N2CCCC2c2ccccn2)n1. The van der Waals surface area contributed by atoms with Crippen LogP contribution in [0.1, 0.15) is 35.1 Å². The molecule has 1 unspecified atom stereocenters. The van der Waals surface area contributed by atoms with Gasteiger partial charge in [0, 0.05) is 18.9 Å². The maximum atomic E-state index is 14.5. The third kappa shape index (κ3) is 4.59. The third-order valence-electron chi connectivity index (χ3n) is 6.11. The van der Waals surface area contributed by atoms with Crippen LogP contribution in [-0.2, 0) is 0 Å². The zero-order valence-electron chi connectivity index (χ0n) is 19.5. The van der Waals surface area contributed by atoms with Gasteiger partial charge in [-0.3, -0.25) is 9.78 Å². The van der Waals surface area contributed by atoms with E-state index in [-0.39, 0.29) is 28.9 Å². The summed E-state index contributed by atoms with van der Waals surface area (Å²) in [5.41, 5.74) is 1.96. The van der Waals surface area contributed by atoms with Crippen molar-refractivity contribution in [3.05, 3.63) is 96.1 Å². The van der Waals surface area contributed by atoms with Crippen LogP contribution in [0.4, 0.5) is 20.2 Å². The van der Waals surface area contributed by atoms with Gasteiger partial charge < -0.3 is 15.0 Å². The molecule has 1 aliphatic rings. The number of nitrogens with zero attached hydrogens (tertiary/aromatic N) is 4. The van der Waals surface area contributed by atoms with Gasteiger partial charge in [-0.15, -0.1) is 0 Å². The van der Waals surface area contributed by atoms with E-state index in [1.807, 2.05) is 18.2 Å². The molecule has 1 fully saturated rings. The minimum Gasteiger partial charge on any atom is -0.496 e. The molecule has 1 aliphatic heterocycles. The Bertz CT molecular complexity index is 1400. The first-order valence-corrected chi connectivity index (χ1v) is 11.5. The van der Waals surface area contributed by atoms with Crippen molar-refractivity contribution >= 4 is 17.3 Å². The highest BCUT2D eigenvalue weighted by Crippen LogP contribution is 2.39. The number of nitrogens with one attached hydrogen (secondary N) is 1. The lowest BCUT2D eigenvalue weighted by Crippen LogP contribution is -2.25. The normalized spacial score (nSPS) is 15.1. The van der Waals surface area contributed by atoms with Crippen LogP contribution in [0.25, 0.3) is 11.4 Å². The van der Waals surface area contributed by atoms with Crippen molar-refractivity contribution in [3.8, 4) is 17.1 Å². The molecule has 4 aromatic rings. The molecule has 5 rings (SSSR count). The molecule has 3 heterocycles. The molecule has 2 aromatic carbocycles. The van der Waals surface area contributed by atoms with Gasteiger partial charge in [0.05, 0.1) is 35.8 Å². The second-order valence-corrected chi connectivity index (χ2v) is 8.30. The lowest BCUT2D eigenvalue weighted by atomic mass is 10.1. The minimum atomic E-state index is -0.575. The molecule has 0 spiro atoms. The van der Waals surface area contributed by atoms with Gasteiger partial charge in [0.2, 0.25) is 0 Å². The summed E-state index contributed by atoms with van der Waals surface area (Å²) in [4.78, 5) is 28.2. The van der Waals surface area contributed by atoms with E-state index < -0.39 is 17.5 Å². The van der Waals surface area contributed by atoms with Gasteiger partial charge in [0.15, 0.2) is 5.82 Å². The lowest BCUT2D eigenvalue weighted by molar-refractivity contribution is 0.102. The van der Waals surface area contributed by atoms with Crippen molar-refractivity contribution in [2.75, 3.05) is 23.9 Å². The van der Waals surface area contributed by atoms with Crippen LogP contribution in [-0.4, -0.2) is 34.5 Å². The molecule has 9 heteroatoms. The first kappa shape index (κ1) is 23.3. The van der Waals surface area contributed by atoms with Crippen molar-refractivity contribution in [2.45, 2.75) is 18.9 Å². The standard InChI is InChI=1S/C27H23F2N5O2/c1-36-24-9-4-6-18(29)25(24)26-31-14-12-20(32-26)27(35)33-21-16-17(28)10-11-23(21)34-15-5-8-22(34)19-7-2-3-13-30-19/h2-4,6-7,9-14,16,22H,5,8,15H2,1H3,(H,33,35). The third-order valence-corrected chi connectivity index (χ3v) is 6.11. The quantitative estimate of drug-likeness (QED) is 0.391. The van der Waals surface area contributed by atoms with Gasteiger partial charge in [0.25, 0.3) is 5.91 Å². The van der Waals surface area contributed by atoms with Crippen molar-refractivity contribution in [3.63, 3.8) is 0 Å². The fraction of sp³-hybridized carbons (Fsp3) is 0.185. The van der Waals surface area contributed by atoms with E-state index >= 15 is 0 Å². The van der Waals surface area contributed by atoms with Gasteiger partial charge in [-0.1, -0.05) is 12.1 Å². The predicted octanol–water partition coefficient (Wildman–Crippen LogP) is 5.42. The highest BCUT2D eigenvalue weighted by Gasteiger charge is 2.29. The number of hydrogen-bond acceptors (Lipinski definition) is 6. The zero-order valence-corrected chi connectivity index (χ0v) is 19.5. The van der Waals surface area contributed by atoms with Crippen molar-refractivity contribution in [2.24, 2.45) is 0 Å². The summed E-state index contributed by atoms with van der Waals surface area (Å²) < 4.78 is 34.0. The average Bonchev–Trinajstić information content (AvgIpc) is 3.39. The Balaban J connectivity index is 1.46. The lowest BCUT2D eigenvalue weighted by Gasteiger charge is -2.28. The smallest absolute Gasteiger partial charge is 0.274 e. The van der Waals surface area contributed by atoms with Gasteiger partial charge in [-0.25, -0.2) is 18.7 Å². The Labute approximate surface area is 206 Å². The van der Waals surface area contributed by atoms with E-state index in [1.54, 1.807) is 18.3 Å². The van der Waals surface area contributed by atoms with E-state index in [1.165, 1.54) is 43.6 Å². The van der Waals surface area contributed by atoms with Crippen LogP contribution in [0.2, 0.25) is 0 Å². The number of methoxy groups -OCH3 is 1. The first-order chi connectivity index (χ1) is 17.5. The van der Waals surface area contributed by atoms with E-state index in [9.17, 15) is 13.6 Å². The molecule has 1 atom stereocenters. The number of halogens is 2. The maximum Gasteiger partial charge on any atom is 0.274 e. The fourth-order valence-corrected chi connectivity index (χ4v) is 4.48. The van der Waals surface area contributed by atoms with Crippen LogP contribution in [0.3, 0.4) is 0 Å². The molecule has 1 saturated heterocycles. The summed E-state index contributed by atoms with van der Waals surface area (Å²) >= 11 is 0. The van der Waals surface area contributed by atoms with Crippen molar-refractivity contribution in [1.82, 2.24) is 15.0 Å². The number of carbonyl (C=O) groups is 1. The second-order valence-electron chi connectivity index (χ2n) is 8.30. The second kappa shape index (κ2) is 10.1. The van der Waals surface area contributed by atoms with E-state index in [4.69, 9.17) is 4.74 Å². The molecular formula is C27H23F2N5O2. The molecule has 0 bridgehead atoms. The fourth-order valence-electron chi connectivity index (χ4n) is 4.48. The predicted molar refractivity (Wildman–Crippen MR) is 132 cm³/mol. The monoisotopic (exact) mass is 487 g/mol. The molecule has 0 aliphatic carbocycles. The molecule has 2 aromatic heterocycles.